The van der Waals surface area contributed by atoms with Crippen molar-refractivity contribution in [2.24, 2.45) is 0 Å². The molecule has 4 atom stereocenters. The normalized spacial score (nSPS) is 20.1. The van der Waals surface area contributed by atoms with Crippen LogP contribution < -0.4 is 25.7 Å². The summed E-state index contributed by atoms with van der Waals surface area (Å²) in [5.74, 6) is -1.89. The summed E-state index contributed by atoms with van der Waals surface area (Å²) in [7, 11) is 1.98. The number of carbonyl (C=O) groups is 2. The van der Waals surface area contributed by atoms with E-state index >= 15 is 4.39 Å². The molecule has 21 heteroatoms. The van der Waals surface area contributed by atoms with Crippen LogP contribution in [0.15, 0.2) is 53.3 Å². The molecule has 4 aliphatic heterocycles. The molecule has 0 radical (unpaired) electrons. The number of alkyl halides is 3. The summed E-state index contributed by atoms with van der Waals surface area (Å²) in [4.78, 5) is 64.3. The average Bonchev–Trinajstić information content (AvgIpc) is 3.97. The first-order chi connectivity index (χ1) is 35.1. The molecule has 16 nitrogen and oxygen atoms in total. The van der Waals surface area contributed by atoms with Gasteiger partial charge in [0.15, 0.2) is 11.4 Å². The summed E-state index contributed by atoms with van der Waals surface area (Å²) in [5, 5.41) is 11.9. The van der Waals surface area contributed by atoms with Gasteiger partial charge >= 0.3 is 18.2 Å². The Morgan fingerprint density at radius 1 is 1.05 bits per heavy atom. The van der Waals surface area contributed by atoms with Crippen LogP contribution in [0.25, 0.3) is 44.5 Å². The number of nitrogens with two attached hydrogens (primary N) is 1. The predicted molar refractivity (Wildman–Crippen MR) is 270 cm³/mol. The lowest BCUT2D eigenvalue weighted by Gasteiger charge is -2.41. The number of aryl methyl sites for hydroxylation is 2. The van der Waals surface area contributed by atoms with Gasteiger partial charge in [-0.2, -0.15) is 23.1 Å². The molecule has 3 N–H and O–H groups in total. The molecule has 2 fully saturated rings. The highest BCUT2D eigenvalue weighted by molar-refractivity contribution is 6.34. The van der Waals surface area contributed by atoms with Crippen molar-refractivity contribution in [1.29, 1.82) is 0 Å². The minimum absolute atomic E-state index is 0.00527. The average molecular weight is 1040 g/mol. The third-order valence-corrected chi connectivity index (χ3v) is 15.3. The van der Waals surface area contributed by atoms with E-state index in [1.807, 2.05) is 38.8 Å². The number of carbonyl (C=O) groups excluding carboxylic acids is 2. The molecule has 0 bridgehead atoms. The topological polar surface area (TPSA) is 191 Å². The number of aliphatic hydroxyl groups is 1. The van der Waals surface area contributed by atoms with E-state index in [9.17, 15) is 32.7 Å². The van der Waals surface area contributed by atoms with Crippen molar-refractivity contribution < 1.29 is 46.5 Å². The van der Waals surface area contributed by atoms with Crippen molar-refractivity contribution in [2.45, 2.75) is 103 Å². The smallest absolute Gasteiger partial charge is 0.418 e. The van der Waals surface area contributed by atoms with Crippen molar-refractivity contribution in [2.75, 3.05) is 50.5 Å². The molecule has 0 spiro atoms. The van der Waals surface area contributed by atoms with Gasteiger partial charge in [0.2, 0.25) is 0 Å². The lowest BCUT2D eigenvalue weighted by atomic mass is 9.86. The van der Waals surface area contributed by atoms with Crippen molar-refractivity contribution in [3.05, 3.63) is 103 Å². The highest BCUT2D eigenvalue weighted by Gasteiger charge is 2.46. The van der Waals surface area contributed by atoms with Crippen LogP contribution in [0.1, 0.15) is 80.3 Å². The van der Waals surface area contributed by atoms with Gasteiger partial charge in [-0.3, -0.25) is 14.5 Å². The summed E-state index contributed by atoms with van der Waals surface area (Å²) in [6, 6.07) is 8.82. The summed E-state index contributed by atoms with van der Waals surface area (Å²) >= 11 is 6.73. The maximum atomic E-state index is 17.1. The fourth-order valence-corrected chi connectivity index (χ4v) is 11.5. The number of nitrogens with zero attached hydrogens (tertiary/aromatic N) is 8. The molecule has 10 rings (SSSR count). The van der Waals surface area contributed by atoms with Gasteiger partial charge in [-0.15, -0.1) is 0 Å². The zero-order chi connectivity index (χ0) is 52.9. The summed E-state index contributed by atoms with van der Waals surface area (Å²) in [6.45, 7) is 14.0. The van der Waals surface area contributed by atoms with Crippen LogP contribution in [-0.2, 0) is 45.7 Å². The Bertz CT molecular complexity index is 3430. The van der Waals surface area contributed by atoms with Crippen LogP contribution in [0.4, 0.5) is 29.2 Å². The molecule has 0 saturated carbocycles. The number of likely N-dealkylation sites (tertiary alicyclic amines) is 1. The molecule has 388 valence electrons. The number of anilines is 2. The maximum Gasteiger partial charge on any atom is 0.418 e. The van der Waals surface area contributed by atoms with Gasteiger partial charge in [0.25, 0.3) is 11.5 Å². The summed E-state index contributed by atoms with van der Waals surface area (Å²) in [5.41, 5.74) is 4.63. The van der Waals surface area contributed by atoms with Crippen LogP contribution in [0.2, 0.25) is 5.02 Å². The minimum atomic E-state index is -4.93. The SMILES string of the molecule is C=C(COc1ccc2nc3c(c(CC)c2c1)Cn1c-3cc2c(c1=O)COC(=O)[C@]2(O)CC)C(=O)N1CCN(c2nc(O[C@@H](C)[C@@H]3CCCN3C)nc3c(F)c(-c4nc(N)cc(C)c4C(F)(F)F)c(Cl)cc23)[C@@H](C)C1. The van der Waals surface area contributed by atoms with E-state index in [1.54, 1.807) is 34.6 Å². The monoisotopic (exact) mass is 1040 g/mol. The number of fused-ring (bicyclic) bond motifs is 6. The Kier molecular flexibility index (Phi) is 12.9. The van der Waals surface area contributed by atoms with E-state index in [0.29, 0.717) is 29.1 Å². The largest absolute Gasteiger partial charge is 0.489 e. The number of cyclic esters (lactones) is 1. The number of rotatable bonds is 11. The van der Waals surface area contributed by atoms with Gasteiger partial charge in [-0.1, -0.05) is 32.0 Å². The van der Waals surface area contributed by atoms with Crippen LogP contribution in [0.5, 0.6) is 11.8 Å². The maximum absolute atomic E-state index is 17.1. The molecular weight excluding hydrogens is 986 g/mol. The molecular formula is C53H54ClF4N9O7. The Balaban J connectivity index is 0.894. The number of esters is 1. The number of hydrogen-bond donors (Lipinski definition) is 2. The fourth-order valence-electron chi connectivity index (χ4n) is 11.2. The highest BCUT2D eigenvalue weighted by atomic mass is 35.5. The molecule has 74 heavy (non-hydrogen) atoms. The molecule has 0 aliphatic carbocycles. The zero-order valence-corrected chi connectivity index (χ0v) is 42.4. The van der Waals surface area contributed by atoms with E-state index in [2.05, 4.69) is 21.4 Å². The first kappa shape index (κ1) is 50.6. The third kappa shape index (κ3) is 8.43. The van der Waals surface area contributed by atoms with Crippen molar-refractivity contribution in [1.82, 2.24) is 34.3 Å². The highest BCUT2D eigenvalue weighted by Crippen LogP contribution is 2.46. The van der Waals surface area contributed by atoms with Crippen molar-refractivity contribution in [3.63, 3.8) is 0 Å². The molecule has 6 aromatic rings. The van der Waals surface area contributed by atoms with Crippen LogP contribution in [0.3, 0.4) is 0 Å². The van der Waals surface area contributed by atoms with Crippen LogP contribution in [-0.4, -0.2) is 109 Å². The number of halogens is 5. The van der Waals surface area contributed by atoms with Gasteiger partial charge in [0.1, 0.15) is 42.2 Å². The Morgan fingerprint density at radius 2 is 1.82 bits per heavy atom. The van der Waals surface area contributed by atoms with E-state index in [0.717, 1.165) is 42.0 Å². The van der Waals surface area contributed by atoms with E-state index in [1.165, 1.54) is 13.0 Å². The molecule has 0 unspecified atom stereocenters. The summed E-state index contributed by atoms with van der Waals surface area (Å²) in [6.07, 6.45) is -2.96. The van der Waals surface area contributed by atoms with Gasteiger partial charge in [0, 0.05) is 59.2 Å². The van der Waals surface area contributed by atoms with Crippen molar-refractivity contribution >= 4 is 56.9 Å². The number of benzene rings is 2. The second kappa shape index (κ2) is 18.8. The molecule has 8 heterocycles. The second-order valence-corrected chi connectivity index (χ2v) is 20.0. The van der Waals surface area contributed by atoms with Gasteiger partial charge in [-0.05, 0) is 108 Å². The van der Waals surface area contributed by atoms with Gasteiger partial charge < -0.3 is 39.4 Å². The second-order valence-electron chi connectivity index (χ2n) is 19.6. The number of hydrogen-bond acceptors (Lipinski definition) is 14. The Hall–Kier alpha value is -6.90. The third-order valence-electron chi connectivity index (χ3n) is 15.0. The lowest BCUT2D eigenvalue weighted by Crippen LogP contribution is -2.54. The molecule has 4 aromatic heterocycles. The number of amides is 1. The van der Waals surface area contributed by atoms with Crippen LogP contribution in [0, 0.1) is 12.7 Å². The van der Waals surface area contributed by atoms with Gasteiger partial charge in [-0.25, -0.2) is 19.2 Å². The lowest BCUT2D eigenvalue weighted by molar-refractivity contribution is -0.172. The standard InChI is InChI=1S/C53H54ClF4N9O7/c1-8-30-31-18-29(12-13-37(31)60-44-33(30)22-67-39(44)20-35-34(49(67)69)24-73-50(70)52(35,71)9-2)72-23-26(4)48(68)65-15-16-66(27(5)21-65)47-32-19-36(54)41(46-42(53(56,57)58)25(3)17-40(59)61-46)43(55)45(32)62-51(63-47)74-28(6)38-11-10-14-64(38)7/h12-13,17-20,27-28,38,71H,4,8-11,14-16,21-24H2,1-3,5-7H3,(H2,59,61)/t27-,28-,38-,52-/m0/s1. The Labute approximate surface area is 427 Å². The van der Waals surface area contributed by atoms with E-state index in [-0.39, 0.29) is 119 Å². The quantitative estimate of drug-likeness (QED) is 0.0723. The molecule has 2 saturated heterocycles. The minimum Gasteiger partial charge on any atom is -0.489 e. The number of aromatic nitrogens is 5. The molecule has 4 aliphatic rings. The molecule has 1 amide bonds. The van der Waals surface area contributed by atoms with E-state index < -0.39 is 52.5 Å². The molecule has 2 aromatic carbocycles. The predicted octanol–water partition coefficient (Wildman–Crippen LogP) is 7.88. The number of ether oxygens (including phenoxy) is 3. The van der Waals surface area contributed by atoms with Crippen LogP contribution >= 0.6 is 11.6 Å². The first-order valence-corrected chi connectivity index (χ1v) is 24.9. The zero-order valence-electron chi connectivity index (χ0n) is 41.6. The number of piperazine rings is 1. The number of pyridine rings is 3. The van der Waals surface area contributed by atoms with E-state index in [4.69, 9.17) is 41.5 Å². The summed E-state index contributed by atoms with van der Waals surface area (Å²) < 4.78 is 80.1. The number of nitrogen functional groups attached to an aromatic ring is 1. The fraction of sp³-hybridized carbons (Fsp3) is 0.415. The Morgan fingerprint density at radius 3 is 2.51 bits per heavy atom. The first-order valence-electron chi connectivity index (χ1n) is 24.5. The van der Waals surface area contributed by atoms with Crippen molar-refractivity contribution in [3.8, 4) is 34.4 Å². The number of likely N-dealkylation sites (N-methyl/N-ethyl adjacent to an activating group) is 1. The van der Waals surface area contributed by atoms with Gasteiger partial charge in [0.05, 0.1) is 50.9 Å².